The van der Waals surface area contributed by atoms with Gasteiger partial charge in [0.25, 0.3) is 6.02 Å². The molecular weight excluding hydrogens is 266 g/mol. The SMILES string of the molecule is NC1=N[C@H](c2cc(N)ccc2F)C[C@@H](C(F)(F)F)O1. The summed E-state index contributed by atoms with van der Waals surface area (Å²) in [7, 11) is 0. The van der Waals surface area contributed by atoms with E-state index in [2.05, 4.69) is 9.73 Å². The van der Waals surface area contributed by atoms with E-state index in [1.54, 1.807) is 0 Å². The molecule has 0 spiro atoms. The summed E-state index contributed by atoms with van der Waals surface area (Å²) in [6, 6.07) is 1.96. The largest absolute Gasteiger partial charge is 0.452 e. The molecule has 0 fully saturated rings. The number of hydrogen-bond acceptors (Lipinski definition) is 4. The van der Waals surface area contributed by atoms with Gasteiger partial charge in [-0.25, -0.2) is 9.38 Å². The van der Waals surface area contributed by atoms with E-state index in [0.717, 1.165) is 6.07 Å². The highest BCUT2D eigenvalue weighted by Gasteiger charge is 2.45. The lowest BCUT2D eigenvalue weighted by atomic mass is 9.99. The van der Waals surface area contributed by atoms with Gasteiger partial charge < -0.3 is 16.2 Å². The second kappa shape index (κ2) is 4.60. The number of hydrogen-bond donors (Lipinski definition) is 2. The fourth-order valence-electron chi connectivity index (χ4n) is 1.85. The molecule has 0 saturated heterocycles. The summed E-state index contributed by atoms with van der Waals surface area (Å²) in [5.41, 5.74) is 10.9. The number of nitrogens with two attached hydrogens (primary N) is 2. The number of nitrogens with zero attached hydrogens (tertiary/aromatic N) is 1. The van der Waals surface area contributed by atoms with Crippen molar-refractivity contribution in [3.05, 3.63) is 29.6 Å². The molecule has 2 atom stereocenters. The van der Waals surface area contributed by atoms with Gasteiger partial charge in [-0.15, -0.1) is 0 Å². The highest BCUT2D eigenvalue weighted by Crippen LogP contribution is 2.36. The van der Waals surface area contributed by atoms with Crippen molar-refractivity contribution in [3.63, 3.8) is 0 Å². The number of alkyl halides is 3. The van der Waals surface area contributed by atoms with Crippen LogP contribution in [-0.2, 0) is 4.74 Å². The van der Waals surface area contributed by atoms with Gasteiger partial charge in [0.05, 0.1) is 6.04 Å². The second-order valence-electron chi connectivity index (χ2n) is 4.15. The normalized spacial score (nSPS) is 23.7. The lowest BCUT2D eigenvalue weighted by molar-refractivity contribution is -0.204. The van der Waals surface area contributed by atoms with Crippen molar-refractivity contribution < 1.29 is 22.3 Å². The van der Waals surface area contributed by atoms with E-state index in [-0.39, 0.29) is 11.3 Å². The van der Waals surface area contributed by atoms with Crippen LogP contribution in [0.25, 0.3) is 0 Å². The van der Waals surface area contributed by atoms with Gasteiger partial charge in [-0.05, 0) is 18.2 Å². The van der Waals surface area contributed by atoms with Crippen molar-refractivity contribution in [2.45, 2.75) is 24.7 Å². The average Bonchev–Trinajstić information content (AvgIpc) is 2.30. The van der Waals surface area contributed by atoms with E-state index in [1.165, 1.54) is 12.1 Å². The monoisotopic (exact) mass is 277 g/mol. The Morgan fingerprint density at radius 3 is 2.58 bits per heavy atom. The minimum Gasteiger partial charge on any atom is -0.452 e. The third kappa shape index (κ3) is 2.88. The first-order valence-electron chi connectivity index (χ1n) is 5.39. The van der Waals surface area contributed by atoms with Crippen LogP contribution in [0.3, 0.4) is 0 Å². The average molecular weight is 277 g/mol. The zero-order valence-electron chi connectivity index (χ0n) is 9.62. The van der Waals surface area contributed by atoms with Crippen LogP contribution in [0.4, 0.5) is 23.2 Å². The maximum Gasteiger partial charge on any atom is 0.425 e. The van der Waals surface area contributed by atoms with Gasteiger partial charge >= 0.3 is 6.18 Å². The predicted octanol–water partition coefficient (Wildman–Crippen LogP) is 2.11. The molecule has 0 aliphatic carbocycles. The van der Waals surface area contributed by atoms with Crippen LogP contribution in [0.1, 0.15) is 18.0 Å². The summed E-state index contributed by atoms with van der Waals surface area (Å²) in [6.45, 7) is 0. The molecule has 0 radical (unpaired) electrons. The van der Waals surface area contributed by atoms with Crippen LogP contribution in [0.5, 0.6) is 0 Å². The number of amidine groups is 1. The first kappa shape index (κ1) is 13.4. The molecule has 1 aliphatic rings. The van der Waals surface area contributed by atoms with Gasteiger partial charge in [-0.1, -0.05) is 0 Å². The summed E-state index contributed by atoms with van der Waals surface area (Å²) in [4.78, 5) is 3.69. The number of halogens is 4. The molecule has 0 unspecified atom stereocenters. The Balaban J connectivity index is 2.34. The summed E-state index contributed by atoms with van der Waals surface area (Å²) in [5.74, 6) is -0.682. The Morgan fingerprint density at radius 1 is 1.26 bits per heavy atom. The molecule has 1 aromatic carbocycles. The van der Waals surface area contributed by atoms with E-state index >= 15 is 0 Å². The first-order chi connectivity index (χ1) is 8.77. The van der Waals surface area contributed by atoms with E-state index < -0.39 is 36.6 Å². The molecule has 104 valence electrons. The van der Waals surface area contributed by atoms with Crippen molar-refractivity contribution in [3.8, 4) is 0 Å². The van der Waals surface area contributed by atoms with Gasteiger partial charge in [0, 0.05) is 17.7 Å². The topological polar surface area (TPSA) is 73.6 Å². The molecule has 19 heavy (non-hydrogen) atoms. The van der Waals surface area contributed by atoms with Crippen LogP contribution >= 0.6 is 0 Å². The number of anilines is 1. The van der Waals surface area contributed by atoms with E-state index in [1.807, 2.05) is 0 Å². The molecule has 1 heterocycles. The Kier molecular flexibility index (Phi) is 3.25. The lowest BCUT2D eigenvalue weighted by Gasteiger charge is -2.28. The number of benzene rings is 1. The smallest absolute Gasteiger partial charge is 0.425 e. The Morgan fingerprint density at radius 2 is 1.95 bits per heavy atom. The fraction of sp³-hybridized carbons (Fsp3) is 0.364. The lowest BCUT2D eigenvalue weighted by Crippen LogP contribution is -2.40. The Hall–Kier alpha value is -1.99. The highest BCUT2D eigenvalue weighted by molar-refractivity contribution is 5.72. The van der Waals surface area contributed by atoms with Crippen LogP contribution in [-0.4, -0.2) is 18.3 Å². The molecule has 0 saturated carbocycles. The van der Waals surface area contributed by atoms with E-state index in [0.29, 0.717) is 0 Å². The van der Waals surface area contributed by atoms with E-state index in [4.69, 9.17) is 11.5 Å². The maximum atomic E-state index is 13.6. The molecule has 0 amide bonds. The number of nitrogen functional groups attached to an aromatic ring is 1. The molecule has 2 rings (SSSR count). The molecule has 1 aliphatic heterocycles. The van der Waals surface area contributed by atoms with Crippen LogP contribution in [0.15, 0.2) is 23.2 Å². The van der Waals surface area contributed by atoms with Gasteiger partial charge in [-0.3, -0.25) is 0 Å². The van der Waals surface area contributed by atoms with Gasteiger partial charge in [0.1, 0.15) is 5.82 Å². The Labute approximate surface area is 106 Å². The quantitative estimate of drug-likeness (QED) is 0.610. The third-order valence-corrected chi connectivity index (χ3v) is 2.73. The van der Waals surface area contributed by atoms with Crippen molar-refractivity contribution in [2.24, 2.45) is 10.7 Å². The number of ether oxygens (including phenoxy) is 1. The van der Waals surface area contributed by atoms with Crippen molar-refractivity contribution in [1.82, 2.24) is 0 Å². The molecule has 0 aromatic heterocycles. The molecule has 8 heteroatoms. The second-order valence-corrected chi connectivity index (χ2v) is 4.15. The summed E-state index contributed by atoms with van der Waals surface area (Å²) in [5, 5.41) is 0. The standard InChI is InChI=1S/C11H11F4N3O/c12-7-2-1-5(16)3-6(7)8-4-9(11(13,14)15)19-10(17)18-8/h1-3,8-9H,4,16H2,(H2,17,18)/t8-,9-/m0/s1. The maximum absolute atomic E-state index is 13.6. The zero-order valence-corrected chi connectivity index (χ0v) is 9.62. The third-order valence-electron chi connectivity index (χ3n) is 2.73. The van der Waals surface area contributed by atoms with Gasteiger partial charge in [-0.2, -0.15) is 13.2 Å². The molecule has 4 N–H and O–H groups in total. The molecule has 4 nitrogen and oxygen atoms in total. The van der Waals surface area contributed by atoms with Crippen LogP contribution in [0.2, 0.25) is 0 Å². The van der Waals surface area contributed by atoms with Crippen LogP contribution < -0.4 is 11.5 Å². The molecule has 1 aromatic rings. The van der Waals surface area contributed by atoms with Crippen molar-refractivity contribution >= 4 is 11.7 Å². The fourth-order valence-corrected chi connectivity index (χ4v) is 1.85. The summed E-state index contributed by atoms with van der Waals surface area (Å²) >= 11 is 0. The van der Waals surface area contributed by atoms with Gasteiger partial charge in [0.15, 0.2) is 6.10 Å². The summed E-state index contributed by atoms with van der Waals surface area (Å²) in [6.07, 6.45) is -7.23. The van der Waals surface area contributed by atoms with Gasteiger partial charge in [0.2, 0.25) is 0 Å². The highest BCUT2D eigenvalue weighted by atomic mass is 19.4. The summed E-state index contributed by atoms with van der Waals surface area (Å²) < 4.78 is 55.9. The van der Waals surface area contributed by atoms with Crippen molar-refractivity contribution in [2.75, 3.05) is 5.73 Å². The number of rotatable bonds is 1. The van der Waals surface area contributed by atoms with Crippen LogP contribution in [0, 0.1) is 5.82 Å². The van der Waals surface area contributed by atoms with Crippen molar-refractivity contribution in [1.29, 1.82) is 0 Å². The minimum absolute atomic E-state index is 0.0273. The predicted molar refractivity (Wildman–Crippen MR) is 60.7 cm³/mol. The molecule has 0 bridgehead atoms. The molecular formula is C11H11F4N3O. The Bertz CT molecular complexity index is 515. The number of aliphatic imine (C=N–C) groups is 1. The minimum atomic E-state index is -4.59. The zero-order chi connectivity index (χ0) is 14.2. The first-order valence-corrected chi connectivity index (χ1v) is 5.39. The van der Waals surface area contributed by atoms with E-state index in [9.17, 15) is 17.6 Å².